The molecule has 0 rings (SSSR count). The van der Waals surface area contributed by atoms with Crippen molar-refractivity contribution in [2.45, 2.75) is 44.4 Å². The van der Waals surface area contributed by atoms with E-state index in [9.17, 15) is 40.5 Å². The molecule has 0 spiro atoms. The van der Waals surface area contributed by atoms with Gasteiger partial charge in [0.05, 0.1) is 46.4 Å². The highest BCUT2D eigenvalue weighted by Crippen LogP contribution is 2.24. The first-order chi connectivity index (χ1) is 8.48. The summed E-state index contributed by atoms with van der Waals surface area (Å²) in [7, 11) is 0. The Hall–Kier alpha value is -2.40. The van der Waals surface area contributed by atoms with Crippen molar-refractivity contribution in [1.29, 1.82) is 0 Å². The lowest BCUT2D eigenvalue weighted by atomic mass is 10.0. The van der Waals surface area contributed by atoms with Gasteiger partial charge in [-0.15, -0.1) is 0 Å². The molecule has 0 bridgehead atoms. The second kappa shape index (κ2) is 5.49. The molecule has 0 aromatic rings. The first-order valence-electron chi connectivity index (χ1n) is 5.06. The van der Waals surface area contributed by atoms with Crippen molar-refractivity contribution >= 4 is 0 Å². The van der Waals surface area contributed by atoms with E-state index < -0.39 is 50.3 Å². The summed E-state index contributed by atoms with van der Waals surface area (Å²) in [6, 6.07) is 0. The van der Waals surface area contributed by atoms with E-state index in [0.29, 0.717) is 0 Å². The molecule has 0 aromatic carbocycles. The number of hydrogen-bond acceptors (Lipinski definition) is 8. The van der Waals surface area contributed by atoms with Gasteiger partial charge in [0, 0.05) is 0 Å². The summed E-state index contributed by atoms with van der Waals surface area (Å²) in [6.07, 6.45) is -1.66. The fraction of sp³-hybridized carbons (Fsp3) is 1.00. The molecule has 12 heteroatoms. The molecule has 0 heterocycles. The Labute approximate surface area is 106 Å². The van der Waals surface area contributed by atoms with Crippen molar-refractivity contribution in [3.63, 3.8) is 0 Å². The van der Waals surface area contributed by atoms with Crippen molar-refractivity contribution in [2.24, 2.45) is 0 Å². The van der Waals surface area contributed by atoms with Gasteiger partial charge >= 0.3 is 11.3 Å². The van der Waals surface area contributed by atoms with Crippen molar-refractivity contribution in [3.8, 4) is 0 Å². The van der Waals surface area contributed by atoms with Crippen molar-refractivity contribution < 1.29 is 19.7 Å². The Morgan fingerprint density at radius 1 is 0.684 bits per heavy atom. The van der Waals surface area contributed by atoms with Crippen LogP contribution in [0.4, 0.5) is 0 Å². The van der Waals surface area contributed by atoms with E-state index in [1.807, 2.05) is 0 Å². The van der Waals surface area contributed by atoms with Gasteiger partial charge in [0.25, 0.3) is 0 Å². The summed E-state index contributed by atoms with van der Waals surface area (Å²) in [5.74, 6) is 0. The van der Waals surface area contributed by atoms with Crippen molar-refractivity contribution in [3.05, 3.63) is 40.5 Å². The van der Waals surface area contributed by atoms with Gasteiger partial charge in [0.1, 0.15) is 0 Å². The van der Waals surface area contributed by atoms with E-state index in [-0.39, 0.29) is 0 Å². The molecule has 0 saturated carbocycles. The molecule has 0 aliphatic heterocycles. The maximum absolute atomic E-state index is 10.6. The second-order valence-corrected chi connectivity index (χ2v) is 4.32. The normalized spacial score (nSPS) is 11.9. The Morgan fingerprint density at radius 3 is 1.05 bits per heavy atom. The van der Waals surface area contributed by atoms with Crippen LogP contribution in [0.5, 0.6) is 0 Å². The van der Waals surface area contributed by atoms with Gasteiger partial charge in [-0.25, -0.2) is 0 Å². The average Bonchev–Trinajstić information content (AvgIpc) is 2.27. The fourth-order valence-electron chi connectivity index (χ4n) is 1.26. The van der Waals surface area contributed by atoms with Gasteiger partial charge in [-0.2, -0.15) is 0 Å². The maximum atomic E-state index is 10.6. The van der Waals surface area contributed by atoms with E-state index in [0.717, 1.165) is 13.8 Å². The molecule has 0 aliphatic rings. The quantitative estimate of drug-likeness (QED) is 0.354. The predicted octanol–water partition coefficient (Wildman–Crippen LogP) is 0.696. The lowest BCUT2D eigenvalue weighted by Crippen LogP contribution is -2.46. The van der Waals surface area contributed by atoms with Crippen LogP contribution in [0.25, 0.3) is 0 Å². The zero-order chi connectivity index (χ0) is 15.4. The monoisotopic (exact) mass is 280 g/mol. The van der Waals surface area contributed by atoms with Crippen LogP contribution in [0.15, 0.2) is 0 Å². The van der Waals surface area contributed by atoms with Crippen LogP contribution in [-0.2, 0) is 0 Å². The number of hydrogen-bond donors (Lipinski definition) is 0. The third-order valence-electron chi connectivity index (χ3n) is 2.87. The lowest BCUT2D eigenvalue weighted by Gasteiger charge is -2.15. The van der Waals surface area contributed by atoms with E-state index in [1.54, 1.807) is 0 Å². The van der Waals surface area contributed by atoms with E-state index >= 15 is 0 Å². The first-order valence-corrected chi connectivity index (χ1v) is 5.06. The second-order valence-electron chi connectivity index (χ2n) is 4.32. The molecule has 0 radical (unpaired) electrons. The van der Waals surface area contributed by atoms with Gasteiger partial charge in [-0.05, 0) is 6.42 Å². The summed E-state index contributed by atoms with van der Waals surface area (Å²) in [4.78, 5) is 37.8. The molecule has 0 N–H and O–H groups in total. The molecule has 0 amide bonds. The molecule has 0 aliphatic carbocycles. The summed E-state index contributed by atoms with van der Waals surface area (Å²) in [5.41, 5.74) is -5.01. The van der Waals surface area contributed by atoms with Gasteiger partial charge in [-0.1, -0.05) is 0 Å². The number of rotatable bonds is 8. The average molecular weight is 280 g/mol. The Balaban J connectivity index is 4.84. The third kappa shape index (κ3) is 3.29. The van der Waals surface area contributed by atoms with E-state index in [1.165, 1.54) is 0 Å². The van der Waals surface area contributed by atoms with E-state index in [4.69, 9.17) is 0 Å². The molecule has 12 nitrogen and oxygen atoms in total. The van der Waals surface area contributed by atoms with Crippen LogP contribution >= 0.6 is 0 Å². The van der Waals surface area contributed by atoms with Crippen LogP contribution in [0, 0.1) is 40.5 Å². The lowest BCUT2D eigenvalue weighted by molar-refractivity contribution is -0.798. The van der Waals surface area contributed by atoms with Gasteiger partial charge in [-0.3, -0.25) is 40.5 Å². The molecule has 0 saturated heterocycles. The van der Waals surface area contributed by atoms with Crippen molar-refractivity contribution in [2.75, 3.05) is 0 Å². The Kier molecular flexibility index (Phi) is 4.80. The Morgan fingerprint density at radius 2 is 0.895 bits per heavy atom. The smallest absolute Gasteiger partial charge is 0.258 e. The first kappa shape index (κ1) is 16.6. The van der Waals surface area contributed by atoms with Crippen LogP contribution < -0.4 is 0 Å². The SMILES string of the molecule is CC(CCCC(C)([N+](=O)[O-])[N+](=O)[O-])([N+](=O)[O-])[N+](=O)[O-]. The molecule has 0 aromatic heterocycles. The topological polar surface area (TPSA) is 173 Å². The summed E-state index contributed by atoms with van der Waals surface area (Å²) in [6.45, 7) is 1.51. The molecule has 0 unspecified atom stereocenters. The summed E-state index contributed by atoms with van der Waals surface area (Å²) in [5, 5.41) is 42.3. The van der Waals surface area contributed by atoms with Crippen LogP contribution in [0.3, 0.4) is 0 Å². The van der Waals surface area contributed by atoms with Crippen LogP contribution in [0.2, 0.25) is 0 Å². The van der Waals surface area contributed by atoms with Crippen molar-refractivity contribution in [1.82, 2.24) is 0 Å². The highest BCUT2D eigenvalue weighted by Gasteiger charge is 2.54. The molecule has 0 atom stereocenters. The Bertz CT molecular complexity index is 355. The maximum Gasteiger partial charge on any atom is 0.455 e. The third-order valence-corrected chi connectivity index (χ3v) is 2.87. The minimum atomic E-state index is -2.51. The van der Waals surface area contributed by atoms with Gasteiger partial charge in [0.15, 0.2) is 0 Å². The molecule has 19 heavy (non-hydrogen) atoms. The highest BCUT2D eigenvalue weighted by atomic mass is 16.7. The zero-order valence-corrected chi connectivity index (χ0v) is 10.2. The van der Waals surface area contributed by atoms with E-state index in [2.05, 4.69) is 0 Å². The van der Waals surface area contributed by atoms with Crippen LogP contribution in [0.1, 0.15) is 33.1 Å². The molecule has 0 fully saturated rings. The number of nitrogens with zero attached hydrogens (tertiary/aromatic N) is 4. The molecular weight excluding hydrogens is 268 g/mol. The minimum absolute atomic E-state index is 0.392. The van der Waals surface area contributed by atoms with Gasteiger partial charge < -0.3 is 0 Å². The predicted molar refractivity (Wildman–Crippen MR) is 58.6 cm³/mol. The zero-order valence-electron chi connectivity index (χ0n) is 10.2. The van der Waals surface area contributed by atoms with Gasteiger partial charge in [0.2, 0.25) is 0 Å². The van der Waals surface area contributed by atoms with Crippen LogP contribution in [-0.4, -0.2) is 31.0 Å². The highest BCUT2D eigenvalue weighted by molar-refractivity contribution is 4.66. The minimum Gasteiger partial charge on any atom is -0.258 e. The summed E-state index contributed by atoms with van der Waals surface area (Å²) < 4.78 is 0. The molecular formula is C7H12N4O8. The standard InChI is InChI=1S/C7H12N4O8/c1-6(8(12)13,9(14)15)4-3-5-7(2,10(16)17)11(18)19/h3-5H2,1-2H3. The number of nitro groups is 4. The fourth-order valence-corrected chi connectivity index (χ4v) is 1.26. The summed E-state index contributed by atoms with van der Waals surface area (Å²) >= 11 is 0. The largest absolute Gasteiger partial charge is 0.455 e. The molecule has 108 valence electrons.